The molecular weight excluding hydrogens is 344 g/mol. The Morgan fingerprint density at radius 2 is 1.96 bits per heavy atom. The molecule has 27 heavy (non-hydrogen) atoms. The summed E-state index contributed by atoms with van der Waals surface area (Å²) in [6, 6.07) is 17.0. The SMILES string of the molecule is CCOC(=O)/C=C(\C)c1cccc(OCc2noc(-c3ccccc3)n2)c1. The topological polar surface area (TPSA) is 74.5 Å². The molecular formula is C21H20N2O4. The van der Waals surface area contributed by atoms with Crippen molar-refractivity contribution in [2.45, 2.75) is 20.5 Å². The third-order valence-electron chi connectivity index (χ3n) is 3.77. The minimum atomic E-state index is -0.360. The van der Waals surface area contributed by atoms with Crippen LogP contribution in [0.15, 0.2) is 65.2 Å². The summed E-state index contributed by atoms with van der Waals surface area (Å²) in [6.45, 7) is 4.15. The van der Waals surface area contributed by atoms with Crippen molar-refractivity contribution in [3.05, 3.63) is 72.1 Å². The van der Waals surface area contributed by atoms with Gasteiger partial charge in [-0.1, -0.05) is 35.5 Å². The molecule has 6 nitrogen and oxygen atoms in total. The highest BCUT2D eigenvalue weighted by atomic mass is 16.5. The number of benzene rings is 2. The van der Waals surface area contributed by atoms with E-state index in [4.69, 9.17) is 14.0 Å². The Labute approximate surface area is 157 Å². The summed E-state index contributed by atoms with van der Waals surface area (Å²) in [5, 5.41) is 3.94. The van der Waals surface area contributed by atoms with Crippen molar-refractivity contribution in [2.75, 3.05) is 6.61 Å². The summed E-state index contributed by atoms with van der Waals surface area (Å²) in [4.78, 5) is 15.9. The Bertz CT molecular complexity index is 932. The van der Waals surface area contributed by atoms with Gasteiger partial charge >= 0.3 is 5.97 Å². The quantitative estimate of drug-likeness (QED) is 0.460. The number of esters is 1. The van der Waals surface area contributed by atoms with Gasteiger partial charge in [0, 0.05) is 11.6 Å². The van der Waals surface area contributed by atoms with E-state index in [-0.39, 0.29) is 12.6 Å². The first kappa shape index (κ1) is 18.4. The van der Waals surface area contributed by atoms with Crippen LogP contribution in [-0.2, 0) is 16.1 Å². The molecule has 3 aromatic rings. The van der Waals surface area contributed by atoms with Crippen LogP contribution in [0.25, 0.3) is 17.0 Å². The van der Waals surface area contributed by atoms with Crippen LogP contribution in [0.5, 0.6) is 5.75 Å². The van der Waals surface area contributed by atoms with E-state index in [9.17, 15) is 4.79 Å². The Morgan fingerprint density at radius 1 is 1.15 bits per heavy atom. The van der Waals surface area contributed by atoms with Crippen molar-refractivity contribution in [1.82, 2.24) is 10.1 Å². The largest absolute Gasteiger partial charge is 0.485 e. The van der Waals surface area contributed by atoms with Gasteiger partial charge in [0.15, 0.2) is 6.61 Å². The Morgan fingerprint density at radius 3 is 2.74 bits per heavy atom. The van der Waals surface area contributed by atoms with E-state index >= 15 is 0 Å². The normalized spacial score (nSPS) is 11.3. The zero-order chi connectivity index (χ0) is 19.1. The molecule has 3 rings (SSSR count). The molecule has 0 radical (unpaired) electrons. The third kappa shape index (κ3) is 5.04. The van der Waals surface area contributed by atoms with Crippen LogP contribution in [0.3, 0.4) is 0 Å². The molecule has 0 bridgehead atoms. The van der Waals surface area contributed by atoms with E-state index in [1.165, 1.54) is 6.08 Å². The van der Waals surface area contributed by atoms with Gasteiger partial charge in [0.1, 0.15) is 5.75 Å². The van der Waals surface area contributed by atoms with Crippen molar-refractivity contribution in [2.24, 2.45) is 0 Å². The van der Waals surface area contributed by atoms with Crippen molar-refractivity contribution < 1.29 is 18.8 Å². The first-order valence-corrected chi connectivity index (χ1v) is 8.62. The van der Waals surface area contributed by atoms with Gasteiger partial charge in [-0.15, -0.1) is 0 Å². The Kier molecular flexibility index (Phi) is 5.99. The maximum atomic E-state index is 11.6. The zero-order valence-corrected chi connectivity index (χ0v) is 15.2. The van der Waals surface area contributed by atoms with E-state index in [1.807, 2.05) is 61.5 Å². The highest BCUT2D eigenvalue weighted by Crippen LogP contribution is 2.21. The molecule has 0 atom stereocenters. The van der Waals surface area contributed by atoms with Gasteiger partial charge < -0.3 is 14.0 Å². The molecule has 0 aliphatic heterocycles. The molecule has 0 unspecified atom stereocenters. The van der Waals surface area contributed by atoms with Crippen molar-refractivity contribution in [1.29, 1.82) is 0 Å². The molecule has 0 fully saturated rings. The molecule has 0 saturated carbocycles. The van der Waals surface area contributed by atoms with Crippen LogP contribution in [0, 0.1) is 0 Å². The lowest BCUT2D eigenvalue weighted by molar-refractivity contribution is -0.137. The molecule has 2 aromatic carbocycles. The van der Waals surface area contributed by atoms with Gasteiger partial charge in [-0.3, -0.25) is 0 Å². The average Bonchev–Trinajstić information content (AvgIpc) is 3.16. The summed E-state index contributed by atoms with van der Waals surface area (Å²) >= 11 is 0. The maximum absolute atomic E-state index is 11.6. The smallest absolute Gasteiger partial charge is 0.331 e. The van der Waals surface area contributed by atoms with E-state index < -0.39 is 0 Å². The molecule has 0 aliphatic rings. The molecule has 0 spiro atoms. The zero-order valence-electron chi connectivity index (χ0n) is 15.2. The van der Waals surface area contributed by atoms with Crippen LogP contribution in [0.1, 0.15) is 25.2 Å². The summed E-state index contributed by atoms with van der Waals surface area (Å²) in [7, 11) is 0. The van der Waals surface area contributed by atoms with E-state index in [0.717, 1.165) is 16.7 Å². The number of aromatic nitrogens is 2. The molecule has 0 aliphatic carbocycles. The Hall–Kier alpha value is -3.41. The van der Waals surface area contributed by atoms with Gasteiger partial charge in [0.05, 0.1) is 6.61 Å². The second kappa shape index (κ2) is 8.80. The van der Waals surface area contributed by atoms with Crippen LogP contribution in [0.4, 0.5) is 0 Å². The molecule has 0 saturated heterocycles. The van der Waals surface area contributed by atoms with Crippen molar-refractivity contribution in [3.63, 3.8) is 0 Å². The number of rotatable bonds is 7. The molecule has 0 N–H and O–H groups in total. The van der Waals surface area contributed by atoms with Gasteiger partial charge in [-0.25, -0.2) is 4.79 Å². The minimum absolute atomic E-state index is 0.181. The number of allylic oxidation sites excluding steroid dienone is 1. The van der Waals surface area contributed by atoms with E-state index in [0.29, 0.717) is 24.1 Å². The van der Waals surface area contributed by atoms with Crippen LogP contribution < -0.4 is 4.74 Å². The fraction of sp³-hybridized carbons (Fsp3) is 0.190. The van der Waals surface area contributed by atoms with Gasteiger partial charge in [-0.05, 0) is 49.2 Å². The molecule has 138 valence electrons. The number of hydrogen-bond acceptors (Lipinski definition) is 6. The lowest BCUT2D eigenvalue weighted by Crippen LogP contribution is -2.00. The monoisotopic (exact) mass is 364 g/mol. The van der Waals surface area contributed by atoms with Crippen molar-refractivity contribution in [3.8, 4) is 17.2 Å². The highest BCUT2D eigenvalue weighted by molar-refractivity contribution is 5.90. The fourth-order valence-electron chi connectivity index (χ4n) is 2.43. The number of hydrogen-bond donors (Lipinski definition) is 0. The fourth-order valence-corrected chi connectivity index (χ4v) is 2.43. The second-order valence-electron chi connectivity index (χ2n) is 5.78. The first-order chi connectivity index (χ1) is 13.2. The van der Waals surface area contributed by atoms with Gasteiger partial charge in [-0.2, -0.15) is 4.98 Å². The summed E-state index contributed by atoms with van der Waals surface area (Å²) in [5.41, 5.74) is 2.53. The van der Waals surface area contributed by atoms with E-state index in [2.05, 4.69) is 10.1 Å². The van der Waals surface area contributed by atoms with Crippen molar-refractivity contribution >= 4 is 11.5 Å². The number of ether oxygens (including phenoxy) is 2. The average molecular weight is 364 g/mol. The highest BCUT2D eigenvalue weighted by Gasteiger charge is 2.09. The molecule has 1 heterocycles. The lowest BCUT2D eigenvalue weighted by Gasteiger charge is -2.07. The van der Waals surface area contributed by atoms with Gasteiger partial charge in [0.25, 0.3) is 5.89 Å². The number of carbonyl (C=O) groups is 1. The maximum Gasteiger partial charge on any atom is 0.331 e. The summed E-state index contributed by atoms with van der Waals surface area (Å²) in [5.74, 6) is 1.20. The number of carbonyl (C=O) groups excluding carboxylic acids is 1. The number of nitrogens with zero attached hydrogens (tertiary/aromatic N) is 2. The molecule has 6 heteroatoms. The molecule has 0 amide bonds. The van der Waals surface area contributed by atoms with Crippen LogP contribution in [0.2, 0.25) is 0 Å². The predicted molar refractivity (Wildman–Crippen MR) is 101 cm³/mol. The third-order valence-corrected chi connectivity index (χ3v) is 3.77. The standard InChI is InChI=1S/C21H20N2O4/c1-3-25-20(24)12-15(2)17-10-7-11-18(13-17)26-14-19-22-21(27-23-19)16-8-5-4-6-9-16/h4-13H,3,14H2,1-2H3/b15-12+. The van der Waals surface area contributed by atoms with E-state index in [1.54, 1.807) is 6.92 Å². The first-order valence-electron chi connectivity index (χ1n) is 8.62. The minimum Gasteiger partial charge on any atom is -0.485 e. The van der Waals surface area contributed by atoms with Crippen LogP contribution in [-0.4, -0.2) is 22.7 Å². The van der Waals surface area contributed by atoms with Crippen LogP contribution >= 0.6 is 0 Å². The van der Waals surface area contributed by atoms with Gasteiger partial charge in [0.2, 0.25) is 5.82 Å². The summed E-state index contributed by atoms with van der Waals surface area (Å²) < 4.78 is 16.0. The predicted octanol–water partition coefficient (Wildman–Crippen LogP) is 4.28. The Balaban J connectivity index is 1.65. The second-order valence-corrected chi connectivity index (χ2v) is 5.78. The molecule has 1 aromatic heterocycles. The lowest BCUT2D eigenvalue weighted by atomic mass is 10.1. The summed E-state index contributed by atoms with van der Waals surface area (Å²) in [6.07, 6.45) is 1.47.